The first-order valence-corrected chi connectivity index (χ1v) is 10.7. The Morgan fingerprint density at radius 2 is 1.82 bits per heavy atom. The first-order valence-electron chi connectivity index (χ1n) is 10.7. The zero-order valence-corrected chi connectivity index (χ0v) is 17.4. The lowest BCUT2D eigenvalue weighted by molar-refractivity contribution is -0.130. The number of fused-ring (bicyclic) bond motifs is 5. The van der Waals surface area contributed by atoms with Gasteiger partial charge in [-0.1, -0.05) is 18.2 Å². The summed E-state index contributed by atoms with van der Waals surface area (Å²) < 4.78 is 11.1. The van der Waals surface area contributed by atoms with E-state index in [0.717, 1.165) is 4.90 Å². The minimum absolute atomic E-state index is 0.188. The second-order valence-electron chi connectivity index (χ2n) is 8.57. The Kier molecular flexibility index (Phi) is 4.06. The van der Waals surface area contributed by atoms with Crippen LogP contribution in [0, 0.1) is 11.8 Å². The lowest BCUT2D eigenvalue weighted by Gasteiger charge is -2.29. The van der Waals surface area contributed by atoms with E-state index in [1.807, 2.05) is 0 Å². The number of hydrogen-bond donors (Lipinski definition) is 3. The number of primary amides is 1. The fourth-order valence-electron chi connectivity index (χ4n) is 5.58. The van der Waals surface area contributed by atoms with Crippen LogP contribution in [-0.4, -0.2) is 42.9 Å². The van der Waals surface area contributed by atoms with Gasteiger partial charge in [0, 0.05) is 29.8 Å². The molecular formula is C23H20N4O6. The van der Waals surface area contributed by atoms with Gasteiger partial charge in [0.15, 0.2) is 11.5 Å². The second-order valence-corrected chi connectivity index (χ2v) is 8.57. The van der Waals surface area contributed by atoms with Gasteiger partial charge in [0.1, 0.15) is 18.8 Å². The fourth-order valence-corrected chi connectivity index (χ4v) is 5.58. The van der Waals surface area contributed by atoms with Gasteiger partial charge in [-0.3, -0.25) is 24.5 Å². The molecule has 1 spiro atoms. The minimum Gasteiger partial charge on any atom is -0.486 e. The summed E-state index contributed by atoms with van der Waals surface area (Å²) in [6.07, 6.45) is -0.188. The molecule has 33 heavy (non-hydrogen) atoms. The van der Waals surface area contributed by atoms with E-state index in [1.54, 1.807) is 42.5 Å². The van der Waals surface area contributed by atoms with Crippen molar-refractivity contribution < 1.29 is 28.7 Å². The van der Waals surface area contributed by atoms with Crippen LogP contribution in [0.5, 0.6) is 11.5 Å². The summed E-state index contributed by atoms with van der Waals surface area (Å²) in [4.78, 5) is 53.6. The van der Waals surface area contributed by atoms with Crippen LogP contribution in [0.3, 0.4) is 0 Å². The molecule has 2 fully saturated rings. The lowest BCUT2D eigenvalue weighted by atomic mass is 9.76. The summed E-state index contributed by atoms with van der Waals surface area (Å²) in [6.45, 7) is 0.768. The zero-order valence-electron chi connectivity index (χ0n) is 17.4. The molecule has 2 aromatic carbocycles. The summed E-state index contributed by atoms with van der Waals surface area (Å²) in [5, 5.41) is 5.97. The average molecular weight is 448 g/mol. The molecule has 10 heteroatoms. The molecule has 0 aromatic heterocycles. The number of hydrogen-bond acceptors (Lipinski definition) is 7. The number of nitrogens with two attached hydrogens (primary N) is 1. The van der Waals surface area contributed by atoms with Gasteiger partial charge in [-0.25, -0.2) is 4.90 Å². The van der Waals surface area contributed by atoms with Crippen molar-refractivity contribution in [3.8, 4) is 11.5 Å². The summed E-state index contributed by atoms with van der Waals surface area (Å²) in [5.74, 6) is -3.09. The highest BCUT2D eigenvalue weighted by atomic mass is 16.6. The first kappa shape index (κ1) is 19.7. The molecule has 4 amide bonds. The summed E-state index contributed by atoms with van der Waals surface area (Å²) in [5.41, 5.74) is 5.43. The van der Waals surface area contributed by atoms with E-state index < -0.39 is 47.0 Å². The maximum absolute atomic E-state index is 13.8. The molecule has 0 radical (unpaired) electrons. The second kappa shape index (κ2) is 6.79. The number of anilines is 2. The van der Waals surface area contributed by atoms with Gasteiger partial charge in [0.2, 0.25) is 23.6 Å². The number of ether oxygens (including phenoxy) is 2. The summed E-state index contributed by atoms with van der Waals surface area (Å²) in [6, 6.07) is 11.1. The molecule has 168 valence electrons. The van der Waals surface area contributed by atoms with Gasteiger partial charge in [-0.2, -0.15) is 0 Å². The van der Waals surface area contributed by atoms with Gasteiger partial charge < -0.3 is 20.5 Å². The molecule has 6 rings (SSSR count). The maximum atomic E-state index is 13.8. The molecule has 0 bridgehead atoms. The maximum Gasteiger partial charge on any atom is 0.250 e. The average Bonchev–Trinajstić information content (AvgIpc) is 3.37. The molecule has 0 aliphatic carbocycles. The van der Waals surface area contributed by atoms with Crippen molar-refractivity contribution >= 4 is 35.0 Å². The van der Waals surface area contributed by atoms with Crippen LogP contribution in [0.4, 0.5) is 11.4 Å². The normalized spacial score (nSPS) is 29.3. The summed E-state index contributed by atoms with van der Waals surface area (Å²) >= 11 is 0. The number of benzene rings is 2. The highest BCUT2D eigenvalue weighted by Gasteiger charge is 2.70. The van der Waals surface area contributed by atoms with Crippen LogP contribution < -0.4 is 30.7 Å². The van der Waals surface area contributed by atoms with Gasteiger partial charge in [0.05, 0.1) is 17.5 Å². The highest BCUT2D eigenvalue weighted by Crippen LogP contribution is 2.54. The minimum atomic E-state index is -1.48. The topological polar surface area (TPSA) is 140 Å². The van der Waals surface area contributed by atoms with E-state index in [2.05, 4.69) is 10.6 Å². The van der Waals surface area contributed by atoms with Crippen molar-refractivity contribution in [3.63, 3.8) is 0 Å². The van der Waals surface area contributed by atoms with Crippen molar-refractivity contribution in [1.82, 2.24) is 5.32 Å². The fraction of sp³-hybridized carbons (Fsp3) is 0.304. The molecule has 4 unspecified atom stereocenters. The zero-order chi connectivity index (χ0) is 22.9. The van der Waals surface area contributed by atoms with Crippen molar-refractivity contribution in [2.45, 2.75) is 18.0 Å². The molecular weight excluding hydrogens is 428 g/mol. The quantitative estimate of drug-likeness (QED) is 0.572. The Morgan fingerprint density at radius 3 is 2.61 bits per heavy atom. The molecule has 4 aliphatic rings. The third kappa shape index (κ3) is 2.58. The Labute approximate surface area is 188 Å². The number of imide groups is 1. The Balaban J connectivity index is 1.48. The van der Waals surface area contributed by atoms with Crippen molar-refractivity contribution in [3.05, 3.63) is 48.0 Å². The Hall–Kier alpha value is -3.92. The third-order valence-electron chi connectivity index (χ3n) is 6.83. The predicted octanol–water partition coefficient (Wildman–Crippen LogP) is 0.258. The van der Waals surface area contributed by atoms with Crippen LogP contribution in [0.25, 0.3) is 0 Å². The molecule has 10 nitrogen and oxygen atoms in total. The molecule has 2 saturated heterocycles. The first-order chi connectivity index (χ1) is 15.9. The van der Waals surface area contributed by atoms with Crippen molar-refractivity contribution in [2.75, 3.05) is 23.4 Å². The van der Waals surface area contributed by atoms with Crippen LogP contribution >= 0.6 is 0 Å². The van der Waals surface area contributed by atoms with Gasteiger partial charge in [-0.05, 0) is 18.2 Å². The van der Waals surface area contributed by atoms with E-state index in [4.69, 9.17) is 15.2 Å². The van der Waals surface area contributed by atoms with Gasteiger partial charge >= 0.3 is 0 Å². The van der Waals surface area contributed by atoms with Crippen molar-refractivity contribution in [2.24, 2.45) is 17.6 Å². The van der Waals surface area contributed by atoms with E-state index in [9.17, 15) is 19.2 Å². The number of carbonyl (C=O) groups excluding carboxylic acids is 4. The molecule has 4 atom stereocenters. The number of amides is 4. The van der Waals surface area contributed by atoms with Crippen LogP contribution in [0.15, 0.2) is 42.5 Å². The number of para-hydroxylation sites is 1. The van der Waals surface area contributed by atoms with E-state index >= 15 is 0 Å². The largest absolute Gasteiger partial charge is 0.486 e. The summed E-state index contributed by atoms with van der Waals surface area (Å²) in [7, 11) is 0. The van der Waals surface area contributed by atoms with E-state index in [1.165, 1.54) is 0 Å². The SMILES string of the molecule is NC(=O)CC1NC2(C(=O)Nc3ccccc32)C2C(=O)N(c3ccc4c(c3)OCCO4)C(=O)C12. The van der Waals surface area contributed by atoms with E-state index in [-0.39, 0.29) is 6.42 Å². The Bertz CT molecular complexity index is 1250. The van der Waals surface area contributed by atoms with Crippen molar-refractivity contribution in [1.29, 1.82) is 0 Å². The van der Waals surface area contributed by atoms with Crippen LogP contribution in [0.1, 0.15) is 12.0 Å². The number of nitrogens with zero attached hydrogens (tertiary/aromatic N) is 1. The third-order valence-corrected chi connectivity index (χ3v) is 6.83. The van der Waals surface area contributed by atoms with Crippen LogP contribution in [0.2, 0.25) is 0 Å². The van der Waals surface area contributed by atoms with E-state index in [0.29, 0.717) is 41.7 Å². The molecule has 0 saturated carbocycles. The van der Waals surface area contributed by atoms with Crippen LogP contribution in [-0.2, 0) is 24.7 Å². The lowest BCUT2D eigenvalue weighted by Crippen LogP contribution is -2.53. The molecule has 2 aromatic rings. The molecule has 4 heterocycles. The monoisotopic (exact) mass is 448 g/mol. The number of rotatable bonds is 3. The number of carbonyl (C=O) groups is 4. The number of nitrogens with one attached hydrogen (secondary N) is 2. The highest BCUT2D eigenvalue weighted by molar-refractivity contribution is 6.26. The van der Waals surface area contributed by atoms with Gasteiger partial charge in [-0.15, -0.1) is 0 Å². The van der Waals surface area contributed by atoms with Gasteiger partial charge in [0.25, 0.3) is 0 Å². The molecule has 4 aliphatic heterocycles. The standard InChI is InChI=1S/C23H20N4O6/c24-17(28)10-14-18-19(23(26-14)12-3-1-2-4-13(12)25-22(23)31)21(30)27(20(18)29)11-5-6-15-16(9-11)33-8-7-32-15/h1-6,9,14,18-19,26H,7-8,10H2,(H2,24,28)(H,25,31). The predicted molar refractivity (Wildman–Crippen MR) is 114 cm³/mol. The Morgan fingerprint density at radius 1 is 1.06 bits per heavy atom. The smallest absolute Gasteiger partial charge is 0.250 e. The molecule has 4 N–H and O–H groups in total.